The maximum Gasteiger partial charge on any atom is 0.122 e. The lowest BCUT2D eigenvalue weighted by molar-refractivity contribution is 0.554. The number of imidazole rings is 1. The summed E-state index contributed by atoms with van der Waals surface area (Å²) >= 11 is 1.88. The minimum atomic E-state index is 0.266. The lowest BCUT2D eigenvalue weighted by atomic mass is 10.3. The number of nitrogens with one attached hydrogen (secondary N) is 2. The molecule has 3 nitrogen and oxygen atoms in total. The third-order valence-corrected chi connectivity index (χ3v) is 3.81. The summed E-state index contributed by atoms with van der Waals surface area (Å²) in [6.07, 6.45) is 4.76. The van der Waals surface area contributed by atoms with Gasteiger partial charge < -0.3 is 10.3 Å². The second-order valence-corrected chi connectivity index (χ2v) is 5.05. The van der Waals surface area contributed by atoms with Gasteiger partial charge in [0.15, 0.2) is 0 Å². The second kappa shape index (κ2) is 5.27. The molecular weight excluding hydrogens is 218 g/mol. The normalized spacial score (nSPS) is 12.9. The average molecular weight is 235 g/mol. The Bertz CT molecular complexity index is 419. The molecule has 0 radical (unpaired) electrons. The van der Waals surface area contributed by atoms with Crippen LogP contribution in [0.4, 0.5) is 0 Å². The fourth-order valence-electron chi connectivity index (χ4n) is 1.57. The molecule has 2 N–H and O–H groups in total. The minimum absolute atomic E-state index is 0.266. The van der Waals surface area contributed by atoms with Gasteiger partial charge >= 0.3 is 0 Å². The van der Waals surface area contributed by atoms with E-state index in [0.29, 0.717) is 0 Å². The first-order valence-corrected chi connectivity index (χ1v) is 6.41. The van der Waals surface area contributed by atoms with E-state index in [2.05, 4.69) is 41.3 Å². The molecule has 4 heteroatoms. The van der Waals surface area contributed by atoms with Crippen LogP contribution in [0.15, 0.2) is 24.5 Å². The van der Waals surface area contributed by atoms with Crippen LogP contribution in [-0.4, -0.2) is 9.97 Å². The number of aromatic amines is 1. The molecule has 1 unspecified atom stereocenters. The number of rotatable bonds is 5. The van der Waals surface area contributed by atoms with Crippen LogP contribution < -0.4 is 5.32 Å². The molecule has 0 amide bonds. The average Bonchev–Trinajstić information content (AvgIpc) is 2.96. The van der Waals surface area contributed by atoms with Gasteiger partial charge in [-0.1, -0.05) is 6.92 Å². The molecule has 16 heavy (non-hydrogen) atoms. The zero-order chi connectivity index (χ0) is 11.4. The van der Waals surface area contributed by atoms with Crippen molar-refractivity contribution in [2.45, 2.75) is 32.9 Å². The van der Waals surface area contributed by atoms with E-state index in [1.165, 1.54) is 9.75 Å². The molecule has 2 aromatic heterocycles. The number of H-pyrrole nitrogens is 1. The minimum Gasteiger partial charge on any atom is -0.347 e. The van der Waals surface area contributed by atoms with E-state index in [0.717, 1.165) is 18.8 Å². The molecule has 0 aliphatic carbocycles. The highest BCUT2D eigenvalue weighted by Gasteiger charge is 2.07. The van der Waals surface area contributed by atoms with E-state index < -0.39 is 0 Å². The van der Waals surface area contributed by atoms with Gasteiger partial charge in [-0.2, -0.15) is 0 Å². The number of aryl methyl sites for hydroxylation is 1. The lowest BCUT2D eigenvalue weighted by Crippen LogP contribution is -2.18. The van der Waals surface area contributed by atoms with Crippen molar-refractivity contribution in [2.75, 3.05) is 0 Å². The molecule has 0 fully saturated rings. The Labute approximate surface area is 99.9 Å². The van der Waals surface area contributed by atoms with Gasteiger partial charge in [-0.25, -0.2) is 4.98 Å². The van der Waals surface area contributed by atoms with E-state index in [1.807, 2.05) is 17.5 Å². The molecule has 0 saturated carbocycles. The van der Waals surface area contributed by atoms with E-state index in [-0.39, 0.29) is 6.04 Å². The van der Waals surface area contributed by atoms with Crippen molar-refractivity contribution in [2.24, 2.45) is 0 Å². The van der Waals surface area contributed by atoms with Gasteiger partial charge in [0.2, 0.25) is 0 Å². The number of hydrogen-bond acceptors (Lipinski definition) is 3. The maximum atomic E-state index is 4.24. The molecule has 2 heterocycles. The zero-order valence-electron chi connectivity index (χ0n) is 9.66. The van der Waals surface area contributed by atoms with Crippen LogP contribution in [-0.2, 0) is 13.0 Å². The van der Waals surface area contributed by atoms with Crippen molar-refractivity contribution >= 4 is 11.3 Å². The highest BCUT2D eigenvalue weighted by atomic mass is 32.1. The SMILES string of the molecule is CCc1ccc(CNC(C)c2ncc[nH]2)s1. The first-order chi connectivity index (χ1) is 7.79. The molecule has 2 aromatic rings. The van der Waals surface area contributed by atoms with Crippen molar-refractivity contribution in [1.82, 2.24) is 15.3 Å². The van der Waals surface area contributed by atoms with Gasteiger partial charge in [0.1, 0.15) is 5.82 Å². The highest BCUT2D eigenvalue weighted by molar-refractivity contribution is 7.11. The molecule has 0 bridgehead atoms. The summed E-state index contributed by atoms with van der Waals surface area (Å²) in [5, 5.41) is 3.46. The molecule has 2 rings (SSSR count). The van der Waals surface area contributed by atoms with Crippen LogP contribution >= 0.6 is 11.3 Å². The summed E-state index contributed by atoms with van der Waals surface area (Å²) < 4.78 is 0. The van der Waals surface area contributed by atoms with Crippen LogP contribution in [0.1, 0.15) is 35.5 Å². The Morgan fingerprint density at radius 2 is 2.25 bits per heavy atom. The molecule has 0 aliphatic rings. The fraction of sp³-hybridized carbons (Fsp3) is 0.417. The van der Waals surface area contributed by atoms with Crippen LogP contribution in [0.2, 0.25) is 0 Å². The van der Waals surface area contributed by atoms with E-state index in [9.17, 15) is 0 Å². The topological polar surface area (TPSA) is 40.7 Å². The van der Waals surface area contributed by atoms with E-state index in [4.69, 9.17) is 0 Å². The predicted octanol–water partition coefficient (Wildman–Crippen LogP) is 2.88. The summed E-state index contributed by atoms with van der Waals surface area (Å²) in [7, 11) is 0. The summed E-state index contributed by atoms with van der Waals surface area (Å²) in [4.78, 5) is 10.2. The molecule has 0 saturated heterocycles. The van der Waals surface area contributed by atoms with Gasteiger partial charge in [0, 0.05) is 28.7 Å². The number of hydrogen-bond donors (Lipinski definition) is 2. The summed E-state index contributed by atoms with van der Waals surface area (Å²) in [6.45, 7) is 5.22. The van der Waals surface area contributed by atoms with Crippen molar-refractivity contribution in [3.8, 4) is 0 Å². The molecular formula is C12H17N3S. The fourth-order valence-corrected chi connectivity index (χ4v) is 2.48. The van der Waals surface area contributed by atoms with Gasteiger partial charge in [-0.05, 0) is 25.5 Å². The molecule has 0 spiro atoms. The van der Waals surface area contributed by atoms with Gasteiger partial charge in [-0.15, -0.1) is 11.3 Å². The molecule has 1 atom stereocenters. The van der Waals surface area contributed by atoms with Crippen molar-refractivity contribution < 1.29 is 0 Å². The third kappa shape index (κ3) is 2.71. The Kier molecular flexibility index (Phi) is 3.74. The first-order valence-electron chi connectivity index (χ1n) is 5.60. The Morgan fingerprint density at radius 3 is 2.88 bits per heavy atom. The number of thiophene rings is 1. The van der Waals surface area contributed by atoms with Crippen LogP contribution in [0.5, 0.6) is 0 Å². The largest absolute Gasteiger partial charge is 0.347 e. The standard InChI is InChI=1S/C12H17N3S/c1-3-10-4-5-11(16-10)8-15-9(2)12-13-6-7-14-12/h4-7,9,15H,3,8H2,1-2H3,(H,13,14). The van der Waals surface area contributed by atoms with Crippen molar-refractivity contribution in [3.63, 3.8) is 0 Å². The van der Waals surface area contributed by atoms with E-state index >= 15 is 0 Å². The van der Waals surface area contributed by atoms with Crippen molar-refractivity contribution in [1.29, 1.82) is 0 Å². The summed E-state index contributed by atoms with van der Waals surface area (Å²) in [5.74, 6) is 0.993. The summed E-state index contributed by atoms with van der Waals surface area (Å²) in [5.41, 5.74) is 0. The maximum absolute atomic E-state index is 4.24. The monoisotopic (exact) mass is 235 g/mol. The quantitative estimate of drug-likeness (QED) is 0.836. The summed E-state index contributed by atoms with van der Waals surface area (Å²) in [6, 6.07) is 4.67. The first kappa shape index (κ1) is 11.4. The molecule has 0 aliphatic heterocycles. The predicted molar refractivity (Wildman–Crippen MR) is 67.5 cm³/mol. The van der Waals surface area contributed by atoms with Gasteiger partial charge in [0.25, 0.3) is 0 Å². The molecule has 0 aromatic carbocycles. The van der Waals surface area contributed by atoms with Gasteiger partial charge in [-0.3, -0.25) is 0 Å². The highest BCUT2D eigenvalue weighted by Crippen LogP contribution is 2.17. The molecule has 86 valence electrons. The Balaban J connectivity index is 1.87. The van der Waals surface area contributed by atoms with Crippen molar-refractivity contribution in [3.05, 3.63) is 40.1 Å². The zero-order valence-corrected chi connectivity index (χ0v) is 10.5. The van der Waals surface area contributed by atoms with E-state index in [1.54, 1.807) is 6.20 Å². The Hall–Kier alpha value is -1.13. The smallest absolute Gasteiger partial charge is 0.122 e. The second-order valence-electron chi connectivity index (χ2n) is 3.80. The van der Waals surface area contributed by atoms with Crippen LogP contribution in [0.25, 0.3) is 0 Å². The Morgan fingerprint density at radius 1 is 1.44 bits per heavy atom. The van der Waals surface area contributed by atoms with Gasteiger partial charge in [0.05, 0.1) is 6.04 Å². The third-order valence-electron chi connectivity index (χ3n) is 2.58. The van der Waals surface area contributed by atoms with Crippen LogP contribution in [0.3, 0.4) is 0 Å². The lowest BCUT2D eigenvalue weighted by Gasteiger charge is -2.09. The number of nitrogens with zero attached hydrogens (tertiary/aromatic N) is 1. The number of aromatic nitrogens is 2. The van der Waals surface area contributed by atoms with Crippen LogP contribution in [0, 0.1) is 0 Å².